The van der Waals surface area contributed by atoms with Crippen molar-refractivity contribution in [3.05, 3.63) is 68.7 Å². The average Bonchev–Trinajstić information content (AvgIpc) is 3.16. The summed E-state index contributed by atoms with van der Waals surface area (Å²) >= 11 is 3.56. The first kappa shape index (κ1) is 22.8. The maximum atomic E-state index is 13.5. The first-order valence-corrected chi connectivity index (χ1v) is 14.0. The third-order valence-corrected chi connectivity index (χ3v) is 9.22. The molecule has 0 atom stereocenters. The minimum atomic E-state index is -3.12. The van der Waals surface area contributed by atoms with Gasteiger partial charge in [0.1, 0.15) is 5.75 Å². The van der Waals surface area contributed by atoms with Crippen LogP contribution in [-0.2, 0) is 21.9 Å². The maximum absolute atomic E-state index is 13.5. The fourth-order valence-electron chi connectivity index (χ4n) is 5.43. The number of benzene rings is 2. The fourth-order valence-corrected chi connectivity index (χ4v) is 6.72. The van der Waals surface area contributed by atoms with Crippen molar-refractivity contribution in [1.29, 1.82) is 0 Å². The summed E-state index contributed by atoms with van der Waals surface area (Å²) in [5.41, 5.74) is 5.79. The Morgan fingerprint density at radius 1 is 1.09 bits per heavy atom. The third kappa shape index (κ3) is 3.98. The molecule has 7 heteroatoms. The zero-order valence-electron chi connectivity index (χ0n) is 19.2. The van der Waals surface area contributed by atoms with Gasteiger partial charge in [-0.2, -0.15) is 0 Å². The van der Waals surface area contributed by atoms with Crippen molar-refractivity contribution in [2.24, 2.45) is 5.92 Å². The van der Waals surface area contributed by atoms with E-state index in [1.165, 1.54) is 17.4 Å². The Bertz CT molecular complexity index is 1290. The summed E-state index contributed by atoms with van der Waals surface area (Å²) in [4.78, 5) is 13.5. The molecule has 0 amide bonds. The van der Waals surface area contributed by atoms with Crippen LogP contribution >= 0.6 is 15.9 Å². The average molecular weight is 530 g/mol. The van der Waals surface area contributed by atoms with Gasteiger partial charge >= 0.3 is 0 Å². The number of ether oxygens (including phenoxy) is 1. The maximum Gasteiger partial charge on any atom is 0.211 e. The fraction of sp³-hybridized carbons (Fsp3) is 0.423. The van der Waals surface area contributed by atoms with Gasteiger partial charge in [-0.15, -0.1) is 0 Å². The number of hydrogen-bond donors (Lipinski definition) is 0. The SMILES string of the molecule is CC1(C)C2=C(C(=O)c3ccc(OCC4CCN(S(C)(=O)=O)CC4)cc31)c1ccc(Br)cc1C2. The number of carbonyl (C=O) groups is 1. The van der Waals surface area contributed by atoms with Crippen molar-refractivity contribution in [3.63, 3.8) is 0 Å². The summed E-state index contributed by atoms with van der Waals surface area (Å²) < 4.78 is 32.2. The third-order valence-electron chi connectivity index (χ3n) is 7.42. The van der Waals surface area contributed by atoms with Gasteiger partial charge in [-0.1, -0.05) is 35.8 Å². The van der Waals surface area contributed by atoms with Crippen molar-refractivity contribution < 1.29 is 17.9 Å². The van der Waals surface area contributed by atoms with Crippen molar-refractivity contribution in [2.45, 2.75) is 38.5 Å². The predicted molar refractivity (Wildman–Crippen MR) is 133 cm³/mol. The molecule has 0 N–H and O–H groups in total. The Hall–Kier alpha value is -1.96. The van der Waals surface area contributed by atoms with Crippen LogP contribution in [-0.4, -0.2) is 44.5 Å². The highest BCUT2D eigenvalue weighted by atomic mass is 79.9. The van der Waals surface area contributed by atoms with Gasteiger partial charge in [0.25, 0.3) is 0 Å². The lowest BCUT2D eigenvalue weighted by molar-refractivity contribution is 0.105. The number of ketones is 1. The van der Waals surface area contributed by atoms with Gasteiger partial charge in [0.05, 0.1) is 12.9 Å². The molecule has 0 radical (unpaired) electrons. The second-order valence-electron chi connectivity index (χ2n) is 9.91. The van der Waals surface area contributed by atoms with Crippen LogP contribution in [0.2, 0.25) is 0 Å². The van der Waals surface area contributed by atoms with Gasteiger partial charge in [0.15, 0.2) is 5.78 Å². The lowest BCUT2D eigenvalue weighted by Crippen LogP contribution is -2.39. The highest BCUT2D eigenvalue weighted by Crippen LogP contribution is 2.50. The van der Waals surface area contributed by atoms with Crippen LogP contribution in [0.3, 0.4) is 0 Å². The number of fused-ring (bicyclic) bond motifs is 3. The molecule has 5 rings (SSSR count). The van der Waals surface area contributed by atoms with Crippen LogP contribution in [0.15, 0.2) is 46.4 Å². The minimum Gasteiger partial charge on any atom is -0.493 e. The Balaban J connectivity index is 1.35. The van der Waals surface area contributed by atoms with E-state index in [2.05, 4.69) is 35.8 Å². The molecule has 0 aromatic heterocycles. The van der Waals surface area contributed by atoms with Crippen molar-refractivity contribution >= 4 is 37.3 Å². The standard InChI is InChI=1S/C26H28BrNO4S/c1-26(2)22-14-19(32-15-16-8-10-28(11-9-16)33(3,30)31)5-7-21(22)25(29)24-20-6-4-18(27)12-17(20)13-23(24)26/h4-7,12,14,16H,8-11,13,15H2,1-3H3. The molecule has 0 saturated carbocycles. The monoisotopic (exact) mass is 529 g/mol. The Kier molecular flexibility index (Phi) is 5.58. The quantitative estimate of drug-likeness (QED) is 0.559. The summed E-state index contributed by atoms with van der Waals surface area (Å²) in [6, 6.07) is 12.0. The molecule has 1 fully saturated rings. The van der Waals surface area contributed by atoms with Crippen molar-refractivity contribution in [1.82, 2.24) is 4.31 Å². The van der Waals surface area contributed by atoms with Gasteiger partial charge in [0.2, 0.25) is 10.0 Å². The van der Waals surface area contributed by atoms with Crippen molar-refractivity contribution in [3.8, 4) is 5.75 Å². The van der Waals surface area contributed by atoms with E-state index in [0.717, 1.165) is 51.7 Å². The molecule has 1 heterocycles. The highest BCUT2D eigenvalue weighted by molar-refractivity contribution is 9.10. The number of allylic oxidation sites excluding steroid dienone is 2. The van der Waals surface area contributed by atoms with E-state index in [1.807, 2.05) is 30.3 Å². The van der Waals surface area contributed by atoms with E-state index >= 15 is 0 Å². The van der Waals surface area contributed by atoms with Gasteiger partial charge in [-0.3, -0.25) is 4.79 Å². The van der Waals surface area contributed by atoms with E-state index in [0.29, 0.717) is 25.6 Å². The second-order valence-corrected chi connectivity index (χ2v) is 12.8. The highest BCUT2D eigenvalue weighted by Gasteiger charge is 2.43. The van der Waals surface area contributed by atoms with Crippen LogP contribution in [0.25, 0.3) is 5.57 Å². The van der Waals surface area contributed by atoms with Crippen LogP contribution in [0.1, 0.15) is 53.7 Å². The number of rotatable bonds is 4. The van der Waals surface area contributed by atoms with E-state index in [-0.39, 0.29) is 11.2 Å². The molecule has 1 saturated heterocycles. The van der Waals surface area contributed by atoms with Gasteiger partial charge < -0.3 is 4.74 Å². The number of sulfonamides is 1. The minimum absolute atomic E-state index is 0.0973. The Morgan fingerprint density at radius 2 is 1.79 bits per heavy atom. The number of nitrogens with zero attached hydrogens (tertiary/aromatic N) is 1. The Labute approximate surface area is 204 Å². The summed E-state index contributed by atoms with van der Waals surface area (Å²) in [5, 5.41) is 0. The number of hydrogen-bond acceptors (Lipinski definition) is 4. The molecule has 0 spiro atoms. The molecule has 1 aliphatic heterocycles. The molecule has 0 bridgehead atoms. The Morgan fingerprint density at radius 3 is 2.48 bits per heavy atom. The topological polar surface area (TPSA) is 63.7 Å². The van der Waals surface area contributed by atoms with Crippen LogP contribution in [0, 0.1) is 5.92 Å². The molecule has 0 unspecified atom stereocenters. The molecular weight excluding hydrogens is 502 g/mol. The second kappa shape index (κ2) is 8.07. The van der Waals surface area contributed by atoms with E-state index in [4.69, 9.17) is 4.74 Å². The zero-order chi connectivity index (χ0) is 23.5. The largest absolute Gasteiger partial charge is 0.493 e. The normalized spacial score (nSPS) is 20.4. The van der Waals surface area contributed by atoms with Crippen LogP contribution in [0.4, 0.5) is 0 Å². The van der Waals surface area contributed by atoms with Gasteiger partial charge in [-0.05, 0) is 77.8 Å². The summed E-state index contributed by atoms with van der Waals surface area (Å²) in [5.74, 6) is 1.19. The van der Waals surface area contributed by atoms with Gasteiger partial charge in [0, 0.05) is 34.1 Å². The molecule has 2 aliphatic carbocycles. The molecule has 174 valence electrons. The first-order valence-electron chi connectivity index (χ1n) is 11.4. The van der Waals surface area contributed by atoms with Crippen LogP contribution < -0.4 is 4.74 Å². The number of carbonyl (C=O) groups excluding carboxylic acids is 1. The molecule has 33 heavy (non-hydrogen) atoms. The smallest absolute Gasteiger partial charge is 0.211 e. The number of Topliss-reactive ketones (excluding diaryl/α,β-unsaturated/α-hetero) is 1. The van der Waals surface area contributed by atoms with Gasteiger partial charge in [-0.25, -0.2) is 12.7 Å². The van der Waals surface area contributed by atoms with E-state index in [9.17, 15) is 13.2 Å². The number of piperidine rings is 1. The zero-order valence-corrected chi connectivity index (χ0v) is 21.6. The van der Waals surface area contributed by atoms with E-state index < -0.39 is 10.0 Å². The molecule has 5 nitrogen and oxygen atoms in total. The summed E-state index contributed by atoms with van der Waals surface area (Å²) in [7, 11) is -3.12. The van der Waals surface area contributed by atoms with Crippen molar-refractivity contribution in [2.75, 3.05) is 26.0 Å². The molecule has 2 aromatic carbocycles. The first-order chi connectivity index (χ1) is 15.6. The summed E-state index contributed by atoms with van der Waals surface area (Å²) in [6.07, 6.45) is 3.65. The summed E-state index contributed by atoms with van der Waals surface area (Å²) in [6.45, 7) is 6.04. The lowest BCUT2D eigenvalue weighted by Gasteiger charge is -2.35. The molecular formula is C26H28BrNO4S. The predicted octanol–water partition coefficient (Wildman–Crippen LogP) is 4.98. The molecule has 3 aliphatic rings. The van der Waals surface area contributed by atoms with Crippen LogP contribution in [0.5, 0.6) is 5.75 Å². The lowest BCUT2D eigenvalue weighted by atomic mass is 9.68. The number of halogens is 1. The van der Waals surface area contributed by atoms with E-state index in [1.54, 1.807) is 4.31 Å². The molecule has 2 aromatic rings.